The van der Waals surface area contributed by atoms with Gasteiger partial charge in [0.05, 0.1) is 16.6 Å². The molecule has 3 aliphatic heterocycles. The lowest BCUT2D eigenvalue weighted by Gasteiger charge is -2.54. The summed E-state index contributed by atoms with van der Waals surface area (Å²) in [6.45, 7) is 3.26. The van der Waals surface area contributed by atoms with Crippen molar-refractivity contribution in [3.8, 4) is 10.6 Å². The molecule has 6 heteroatoms. The van der Waals surface area contributed by atoms with Crippen LogP contribution in [0.5, 0.6) is 0 Å². The summed E-state index contributed by atoms with van der Waals surface area (Å²) in [5, 5.41) is 9.51. The van der Waals surface area contributed by atoms with Crippen LogP contribution >= 0.6 is 11.3 Å². The second kappa shape index (κ2) is 7.10. The van der Waals surface area contributed by atoms with E-state index < -0.39 is 0 Å². The molecule has 3 saturated heterocycles. The third-order valence-corrected chi connectivity index (χ3v) is 8.40. The highest BCUT2D eigenvalue weighted by atomic mass is 32.1. The fourth-order valence-corrected chi connectivity index (χ4v) is 7.03. The molecule has 5 heterocycles. The lowest BCUT2D eigenvalue weighted by atomic mass is 9.68. The molecular formula is C23H28N4OS. The zero-order valence-electron chi connectivity index (χ0n) is 16.7. The van der Waals surface area contributed by atoms with Crippen LogP contribution in [0.1, 0.15) is 49.0 Å². The van der Waals surface area contributed by atoms with Crippen LogP contribution in [0.2, 0.25) is 0 Å². The fourth-order valence-electron chi connectivity index (χ4n) is 6.34. The predicted octanol–water partition coefficient (Wildman–Crippen LogP) is 4.17. The number of thiophene rings is 1. The molecule has 152 valence electrons. The van der Waals surface area contributed by atoms with Gasteiger partial charge in [-0.1, -0.05) is 24.1 Å². The maximum atomic E-state index is 13.5. The van der Waals surface area contributed by atoms with Crippen molar-refractivity contribution in [1.29, 1.82) is 0 Å². The number of aromatic nitrogens is 2. The molecule has 4 aliphatic rings. The Hall–Kier alpha value is -1.92. The Balaban J connectivity index is 1.29. The molecule has 3 fully saturated rings. The first-order chi connectivity index (χ1) is 14.3. The van der Waals surface area contributed by atoms with E-state index in [4.69, 9.17) is 0 Å². The zero-order valence-corrected chi connectivity index (χ0v) is 17.5. The first kappa shape index (κ1) is 17.9. The van der Waals surface area contributed by atoms with E-state index in [2.05, 4.69) is 37.5 Å². The van der Waals surface area contributed by atoms with Gasteiger partial charge in [0, 0.05) is 19.1 Å². The number of nitrogens with one attached hydrogen (secondary N) is 1. The molecule has 0 aromatic carbocycles. The second-order valence-corrected chi connectivity index (χ2v) is 10.1. The number of H-pyrrole nitrogens is 1. The molecule has 0 spiro atoms. The van der Waals surface area contributed by atoms with E-state index in [0.717, 1.165) is 42.5 Å². The quantitative estimate of drug-likeness (QED) is 0.759. The van der Waals surface area contributed by atoms with Crippen LogP contribution in [0.3, 0.4) is 0 Å². The van der Waals surface area contributed by atoms with Gasteiger partial charge in [-0.05, 0) is 68.0 Å². The Morgan fingerprint density at radius 1 is 1.24 bits per heavy atom. The number of fused-ring (bicyclic) bond motifs is 6. The van der Waals surface area contributed by atoms with E-state index in [-0.39, 0.29) is 11.9 Å². The van der Waals surface area contributed by atoms with Crippen LogP contribution in [0.4, 0.5) is 0 Å². The van der Waals surface area contributed by atoms with Gasteiger partial charge in [-0.25, -0.2) is 0 Å². The topological polar surface area (TPSA) is 52.2 Å². The molecular weight excluding hydrogens is 380 g/mol. The van der Waals surface area contributed by atoms with E-state index >= 15 is 0 Å². The van der Waals surface area contributed by atoms with Crippen LogP contribution in [-0.4, -0.2) is 57.6 Å². The average molecular weight is 409 g/mol. The summed E-state index contributed by atoms with van der Waals surface area (Å²) < 4.78 is 0. The largest absolute Gasteiger partial charge is 0.330 e. The predicted molar refractivity (Wildman–Crippen MR) is 115 cm³/mol. The zero-order chi connectivity index (χ0) is 19.4. The van der Waals surface area contributed by atoms with Crippen molar-refractivity contribution in [2.24, 2.45) is 11.8 Å². The number of nitrogens with zero attached hydrogens (tertiary/aromatic N) is 3. The van der Waals surface area contributed by atoms with Crippen LogP contribution in [0, 0.1) is 11.8 Å². The molecule has 1 amide bonds. The van der Waals surface area contributed by atoms with E-state index in [9.17, 15) is 4.79 Å². The molecule has 29 heavy (non-hydrogen) atoms. The van der Waals surface area contributed by atoms with Gasteiger partial charge in [0.2, 0.25) is 0 Å². The Morgan fingerprint density at radius 2 is 2.21 bits per heavy atom. The fraction of sp³-hybridized carbons (Fsp3) is 0.565. The van der Waals surface area contributed by atoms with Gasteiger partial charge < -0.3 is 4.90 Å². The van der Waals surface area contributed by atoms with E-state index in [1.165, 1.54) is 37.8 Å². The molecule has 0 saturated carbocycles. The molecule has 5 nitrogen and oxygen atoms in total. The van der Waals surface area contributed by atoms with Gasteiger partial charge >= 0.3 is 0 Å². The lowest BCUT2D eigenvalue weighted by molar-refractivity contribution is 0.00131. The average Bonchev–Trinajstić information content (AvgIpc) is 3.45. The highest BCUT2D eigenvalue weighted by molar-refractivity contribution is 7.13. The number of likely N-dealkylation sites (tertiary alicyclic amines) is 1. The van der Waals surface area contributed by atoms with Crippen LogP contribution in [0.25, 0.3) is 10.6 Å². The lowest BCUT2D eigenvalue weighted by Crippen LogP contribution is -2.60. The summed E-state index contributed by atoms with van der Waals surface area (Å²) in [5.41, 5.74) is 3.03. The highest BCUT2D eigenvalue weighted by Gasteiger charge is 2.47. The summed E-state index contributed by atoms with van der Waals surface area (Å²) in [6, 6.07) is 7.04. The molecule has 1 aliphatic carbocycles. The monoisotopic (exact) mass is 408 g/mol. The summed E-state index contributed by atoms with van der Waals surface area (Å²) in [4.78, 5) is 19.5. The minimum absolute atomic E-state index is 0.0962. The molecule has 0 unspecified atom stereocenters. The maximum Gasteiger partial charge on any atom is 0.274 e. The molecule has 2 aromatic rings. The van der Waals surface area contributed by atoms with Gasteiger partial charge in [0.1, 0.15) is 0 Å². The van der Waals surface area contributed by atoms with Crippen molar-refractivity contribution in [3.05, 3.63) is 40.9 Å². The van der Waals surface area contributed by atoms with E-state index in [1.807, 2.05) is 12.1 Å². The maximum absolute atomic E-state index is 13.5. The Morgan fingerprint density at radius 3 is 3.10 bits per heavy atom. The normalized spacial score (nSPS) is 31.7. The highest BCUT2D eigenvalue weighted by Crippen LogP contribution is 2.45. The first-order valence-corrected chi connectivity index (χ1v) is 12.0. The number of carbonyl (C=O) groups is 1. The van der Waals surface area contributed by atoms with Crippen molar-refractivity contribution in [2.75, 3.05) is 19.6 Å². The molecule has 2 bridgehead atoms. The third kappa shape index (κ3) is 2.99. The van der Waals surface area contributed by atoms with Crippen molar-refractivity contribution >= 4 is 17.2 Å². The van der Waals surface area contributed by atoms with E-state index in [1.54, 1.807) is 11.3 Å². The third-order valence-electron chi connectivity index (χ3n) is 7.50. The summed E-state index contributed by atoms with van der Waals surface area (Å²) in [6.07, 6.45) is 10.1. The molecule has 6 rings (SSSR count). The Kier molecular flexibility index (Phi) is 4.38. The van der Waals surface area contributed by atoms with Crippen molar-refractivity contribution < 1.29 is 4.79 Å². The minimum Gasteiger partial charge on any atom is -0.330 e. The summed E-state index contributed by atoms with van der Waals surface area (Å²) >= 11 is 1.67. The summed E-state index contributed by atoms with van der Waals surface area (Å²) in [7, 11) is 0. The first-order valence-electron chi connectivity index (χ1n) is 11.1. The number of aromatic amines is 1. The van der Waals surface area contributed by atoms with E-state index in [0.29, 0.717) is 17.5 Å². The van der Waals surface area contributed by atoms with Crippen LogP contribution in [0.15, 0.2) is 35.2 Å². The number of rotatable bonds is 2. The van der Waals surface area contributed by atoms with Gasteiger partial charge in [0.15, 0.2) is 5.69 Å². The summed E-state index contributed by atoms with van der Waals surface area (Å²) in [5.74, 6) is 1.37. The molecule has 0 radical (unpaired) electrons. The Labute approximate surface area is 175 Å². The molecule has 4 atom stereocenters. The van der Waals surface area contributed by atoms with Crippen molar-refractivity contribution in [3.63, 3.8) is 0 Å². The van der Waals surface area contributed by atoms with Gasteiger partial charge in [-0.2, -0.15) is 5.10 Å². The molecule has 2 aromatic heterocycles. The molecule has 1 N–H and O–H groups in total. The standard InChI is InChI=1S/C23H28N4OS/c28-23(19-13-18(24-25-19)21-7-4-10-29-21)27-9-3-5-15-11-16-12-17(22(15)27)14-26-8-2-1-6-20(16)26/h4,7,10-11,13,16-17,20,22H,1-3,5-6,8-9,12,14H2,(H,24,25)/t16-,17+,20+,22+/m0/s1. The van der Waals surface area contributed by atoms with Gasteiger partial charge in [0.25, 0.3) is 5.91 Å². The SMILES string of the molecule is O=C(c1cc(-c2cccs2)[nH]n1)N1CCCC2=C[C@H]3C[C@H](CN4CCCC[C@H]34)[C@@H]21. The number of carbonyl (C=O) groups excluding carboxylic acids is 1. The number of amides is 1. The number of hydrogen-bond acceptors (Lipinski definition) is 4. The van der Waals surface area contributed by atoms with Crippen LogP contribution < -0.4 is 0 Å². The second-order valence-electron chi connectivity index (χ2n) is 9.15. The number of piperidine rings is 3. The smallest absolute Gasteiger partial charge is 0.274 e. The van der Waals surface area contributed by atoms with Gasteiger partial charge in [-0.3, -0.25) is 14.8 Å². The van der Waals surface area contributed by atoms with Crippen molar-refractivity contribution in [1.82, 2.24) is 20.0 Å². The van der Waals surface area contributed by atoms with Crippen LogP contribution in [-0.2, 0) is 0 Å². The minimum atomic E-state index is 0.0962. The number of hydrogen-bond donors (Lipinski definition) is 1. The Bertz CT molecular complexity index is 933. The van der Waals surface area contributed by atoms with Crippen molar-refractivity contribution in [2.45, 2.75) is 50.6 Å². The van der Waals surface area contributed by atoms with Gasteiger partial charge in [-0.15, -0.1) is 11.3 Å².